The fourth-order valence-corrected chi connectivity index (χ4v) is 3.67. The van der Waals surface area contributed by atoms with E-state index in [9.17, 15) is 4.79 Å². The third kappa shape index (κ3) is 4.62. The van der Waals surface area contributed by atoms with Crippen molar-refractivity contribution in [3.8, 4) is 28.7 Å². The van der Waals surface area contributed by atoms with Crippen molar-refractivity contribution >= 4 is 16.8 Å². The van der Waals surface area contributed by atoms with E-state index in [0.717, 1.165) is 17.5 Å². The number of hydrogen-bond donors (Lipinski definition) is 2. The molecule has 7 nitrogen and oxygen atoms in total. The average Bonchev–Trinajstić information content (AvgIpc) is 3.52. The molecule has 0 fully saturated rings. The summed E-state index contributed by atoms with van der Waals surface area (Å²) < 4.78 is 11.6. The quantitative estimate of drug-likeness (QED) is 0.369. The SMILES string of the molecule is O=C(COc1ccccc1-c1nnc(-c2ccccc2)o1)NCCc1c[nH]c2ccccc12. The van der Waals surface area contributed by atoms with E-state index in [4.69, 9.17) is 9.15 Å². The molecular weight excluding hydrogens is 416 g/mol. The number of carbonyl (C=O) groups excluding carboxylic acids is 1. The molecule has 0 aliphatic carbocycles. The summed E-state index contributed by atoms with van der Waals surface area (Å²) in [6, 6.07) is 25.0. The topological polar surface area (TPSA) is 93.0 Å². The molecule has 0 bridgehead atoms. The minimum Gasteiger partial charge on any atom is -0.483 e. The van der Waals surface area contributed by atoms with Crippen molar-refractivity contribution in [2.24, 2.45) is 0 Å². The smallest absolute Gasteiger partial charge is 0.257 e. The maximum Gasteiger partial charge on any atom is 0.257 e. The average molecular weight is 438 g/mol. The molecule has 3 aromatic carbocycles. The van der Waals surface area contributed by atoms with Crippen LogP contribution in [-0.4, -0.2) is 34.2 Å². The summed E-state index contributed by atoms with van der Waals surface area (Å²) in [5.41, 5.74) is 3.74. The maximum absolute atomic E-state index is 12.4. The highest BCUT2D eigenvalue weighted by Crippen LogP contribution is 2.30. The molecule has 1 amide bonds. The van der Waals surface area contributed by atoms with Gasteiger partial charge in [-0.1, -0.05) is 48.5 Å². The van der Waals surface area contributed by atoms with Gasteiger partial charge in [-0.25, -0.2) is 0 Å². The molecule has 0 radical (unpaired) electrons. The monoisotopic (exact) mass is 438 g/mol. The maximum atomic E-state index is 12.4. The summed E-state index contributed by atoms with van der Waals surface area (Å²) in [6.07, 6.45) is 2.72. The molecular formula is C26H22N4O3. The van der Waals surface area contributed by atoms with Gasteiger partial charge in [0.05, 0.1) is 5.56 Å². The molecule has 2 aromatic heterocycles. The van der Waals surface area contributed by atoms with Crippen molar-refractivity contribution in [3.63, 3.8) is 0 Å². The van der Waals surface area contributed by atoms with Gasteiger partial charge in [0.15, 0.2) is 6.61 Å². The molecule has 0 unspecified atom stereocenters. The van der Waals surface area contributed by atoms with E-state index in [1.807, 2.05) is 72.9 Å². The van der Waals surface area contributed by atoms with Gasteiger partial charge in [0.2, 0.25) is 5.89 Å². The molecule has 0 aliphatic heterocycles. The lowest BCUT2D eigenvalue weighted by molar-refractivity contribution is -0.123. The standard InChI is InChI=1S/C26H22N4O3/c31-24(27-15-14-19-16-28-22-12-6-4-10-20(19)22)17-32-23-13-7-5-11-21(23)26-30-29-25(33-26)18-8-2-1-3-9-18/h1-13,16,28H,14-15,17H2,(H,27,31). The minimum absolute atomic E-state index is 0.107. The van der Waals surface area contributed by atoms with E-state index in [-0.39, 0.29) is 12.5 Å². The van der Waals surface area contributed by atoms with E-state index >= 15 is 0 Å². The Kier molecular flexibility index (Phi) is 5.84. The van der Waals surface area contributed by atoms with Crippen LogP contribution in [-0.2, 0) is 11.2 Å². The van der Waals surface area contributed by atoms with Gasteiger partial charge in [-0.15, -0.1) is 10.2 Å². The molecule has 0 atom stereocenters. The molecule has 33 heavy (non-hydrogen) atoms. The Morgan fingerprint density at radius 2 is 1.67 bits per heavy atom. The molecule has 2 heterocycles. The van der Waals surface area contributed by atoms with Crippen molar-refractivity contribution in [2.75, 3.05) is 13.2 Å². The summed E-state index contributed by atoms with van der Waals surface area (Å²) in [4.78, 5) is 15.6. The largest absolute Gasteiger partial charge is 0.483 e. The molecule has 5 rings (SSSR count). The number of nitrogens with one attached hydrogen (secondary N) is 2. The Balaban J connectivity index is 1.19. The van der Waals surface area contributed by atoms with Gasteiger partial charge in [0, 0.05) is 29.2 Å². The zero-order valence-electron chi connectivity index (χ0n) is 17.8. The second-order valence-corrected chi connectivity index (χ2v) is 7.52. The van der Waals surface area contributed by atoms with E-state index in [1.165, 1.54) is 10.9 Å². The lowest BCUT2D eigenvalue weighted by Gasteiger charge is -2.09. The zero-order chi connectivity index (χ0) is 22.5. The third-order valence-corrected chi connectivity index (χ3v) is 5.31. The first kappa shape index (κ1) is 20.5. The number of para-hydroxylation sites is 2. The van der Waals surface area contributed by atoms with Gasteiger partial charge in [0.25, 0.3) is 11.8 Å². The highest BCUT2D eigenvalue weighted by Gasteiger charge is 2.15. The number of fused-ring (bicyclic) bond motifs is 1. The van der Waals surface area contributed by atoms with E-state index < -0.39 is 0 Å². The van der Waals surface area contributed by atoms with Gasteiger partial charge < -0.3 is 19.5 Å². The summed E-state index contributed by atoms with van der Waals surface area (Å²) in [5, 5.41) is 12.4. The fourth-order valence-electron chi connectivity index (χ4n) is 3.67. The van der Waals surface area contributed by atoms with Crippen molar-refractivity contribution in [2.45, 2.75) is 6.42 Å². The van der Waals surface area contributed by atoms with Crippen LogP contribution in [0.1, 0.15) is 5.56 Å². The number of carbonyl (C=O) groups is 1. The van der Waals surface area contributed by atoms with Crippen LogP contribution in [0.2, 0.25) is 0 Å². The second kappa shape index (κ2) is 9.40. The van der Waals surface area contributed by atoms with E-state index in [1.54, 1.807) is 6.07 Å². The Labute approximate surface area is 190 Å². The number of H-pyrrole nitrogens is 1. The lowest BCUT2D eigenvalue weighted by atomic mass is 10.1. The zero-order valence-corrected chi connectivity index (χ0v) is 17.8. The van der Waals surface area contributed by atoms with Crippen LogP contribution < -0.4 is 10.1 Å². The highest BCUT2D eigenvalue weighted by molar-refractivity contribution is 5.83. The molecule has 2 N–H and O–H groups in total. The molecule has 0 aliphatic rings. The van der Waals surface area contributed by atoms with Crippen LogP contribution in [0, 0.1) is 0 Å². The van der Waals surface area contributed by atoms with Crippen LogP contribution in [0.15, 0.2) is 89.5 Å². The molecule has 0 spiro atoms. The van der Waals surface area contributed by atoms with Gasteiger partial charge in [-0.3, -0.25) is 4.79 Å². The summed E-state index contributed by atoms with van der Waals surface area (Å²) in [7, 11) is 0. The molecule has 0 saturated heterocycles. The number of hydrogen-bond acceptors (Lipinski definition) is 5. The molecule has 5 aromatic rings. The minimum atomic E-state index is -0.194. The fraction of sp³-hybridized carbons (Fsp3) is 0.115. The Hall–Kier alpha value is -4.39. The number of aromatic amines is 1. The molecule has 7 heteroatoms. The first-order valence-corrected chi connectivity index (χ1v) is 10.7. The van der Waals surface area contributed by atoms with Crippen LogP contribution in [0.25, 0.3) is 33.8 Å². The van der Waals surface area contributed by atoms with Crippen molar-refractivity contribution in [3.05, 3.63) is 90.6 Å². The lowest BCUT2D eigenvalue weighted by Crippen LogP contribution is -2.30. The Bertz CT molecular complexity index is 1370. The summed E-state index contributed by atoms with van der Waals surface area (Å²) in [5.74, 6) is 1.08. The van der Waals surface area contributed by atoms with Crippen molar-refractivity contribution in [1.29, 1.82) is 0 Å². The molecule has 0 saturated carbocycles. The highest BCUT2D eigenvalue weighted by atomic mass is 16.5. The number of amides is 1. The van der Waals surface area contributed by atoms with Crippen LogP contribution in [0.4, 0.5) is 0 Å². The summed E-state index contributed by atoms with van der Waals surface area (Å²) >= 11 is 0. The Morgan fingerprint density at radius 3 is 2.58 bits per heavy atom. The number of nitrogens with zero attached hydrogens (tertiary/aromatic N) is 2. The van der Waals surface area contributed by atoms with Crippen LogP contribution in [0.5, 0.6) is 5.75 Å². The van der Waals surface area contributed by atoms with E-state index in [0.29, 0.717) is 29.6 Å². The Morgan fingerprint density at radius 1 is 0.909 bits per heavy atom. The van der Waals surface area contributed by atoms with Gasteiger partial charge in [-0.05, 0) is 42.3 Å². The molecule has 164 valence electrons. The van der Waals surface area contributed by atoms with Crippen LogP contribution in [0.3, 0.4) is 0 Å². The first-order valence-electron chi connectivity index (χ1n) is 10.7. The second-order valence-electron chi connectivity index (χ2n) is 7.52. The van der Waals surface area contributed by atoms with Crippen LogP contribution >= 0.6 is 0 Å². The van der Waals surface area contributed by atoms with Gasteiger partial charge in [0.1, 0.15) is 5.75 Å². The first-order chi connectivity index (χ1) is 16.3. The van der Waals surface area contributed by atoms with Crippen molar-refractivity contribution < 1.29 is 13.9 Å². The number of rotatable bonds is 8. The number of aromatic nitrogens is 3. The predicted octanol–water partition coefficient (Wildman–Crippen LogP) is 4.62. The third-order valence-electron chi connectivity index (χ3n) is 5.31. The van der Waals surface area contributed by atoms with Crippen molar-refractivity contribution in [1.82, 2.24) is 20.5 Å². The van der Waals surface area contributed by atoms with Gasteiger partial charge in [-0.2, -0.15) is 0 Å². The number of ether oxygens (including phenoxy) is 1. The number of benzene rings is 3. The van der Waals surface area contributed by atoms with Gasteiger partial charge >= 0.3 is 0 Å². The van der Waals surface area contributed by atoms with E-state index in [2.05, 4.69) is 26.6 Å². The normalized spacial score (nSPS) is 10.9. The summed E-state index contributed by atoms with van der Waals surface area (Å²) in [6.45, 7) is 0.417. The predicted molar refractivity (Wildman–Crippen MR) is 126 cm³/mol.